The van der Waals surface area contributed by atoms with Gasteiger partial charge in [0.2, 0.25) is 0 Å². The number of hydrogen-bond acceptors (Lipinski definition) is 5. The molecule has 3 aromatic rings. The lowest BCUT2D eigenvalue weighted by atomic mass is 10.2. The maximum atomic E-state index is 12.4. The zero-order valence-corrected chi connectivity index (χ0v) is 18.0. The molecule has 2 aromatic carbocycles. The number of amides is 2. The number of hydrogen-bond donors (Lipinski definition) is 3. The molecule has 7 nitrogen and oxygen atoms in total. The Hall–Kier alpha value is -3.65. The quantitative estimate of drug-likeness (QED) is 0.458. The predicted molar refractivity (Wildman–Crippen MR) is 124 cm³/mol. The molecule has 1 aromatic heterocycles. The van der Waals surface area contributed by atoms with E-state index in [0.717, 1.165) is 6.42 Å². The van der Waals surface area contributed by atoms with Crippen LogP contribution in [-0.4, -0.2) is 23.0 Å². The van der Waals surface area contributed by atoms with Gasteiger partial charge in [-0.1, -0.05) is 6.92 Å². The minimum absolute atomic E-state index is 0.112. The van der Waals surface area contributed by atoms with Crippen molar-refractivity contribution in [1.82, 2.24) is 5.32 Å². The van der Waals surface area contributed by atoms with Crippen LogP contribution in [0, 0.1) is 0 Å². The Morgan fingerprint density at radius 2 is 1.61 bits per heavy atom. The molecule has 0 saturated heterocycles. The molecule has 0 saturated carbocycles. The molecule has 0 aliphatic carbocycles. The molecule has 3 rings (SSSR count). The molecule has 1 atom stereocenters. The third-order valence-corrected chi connectivity index (χ3v) is 4.61. The van der Waals surface area contributed by atoms with Crippen molar-refractivity contribution in [3.8, 4) is 5.75 Å². The average molecular weight is 438 g/mol. The molecule has 0 aliphatic heterocycles. The zero-order chi connectivity index (χ0) is 22.2. The Bertz CT molecular complexity index is 1030. The van der Waals surface area contributed by atoms with Crippen molar-refractivity contribution >= 4 is 40.5 Å². The largest absolute Gasteiger partial charge is 0.491 e. The number of thiocarbonyl (C=S) groups is 1. The minimum atomic E-state index is -0.339. The van der Waals surface area contributed by atoms with E-state index in [4.69, 9.17) is 21.4 Å². The fraction of sp³-hybridized carbons (Fsp3) is 0.174. The molecule has 0 bridgehead atoms. The summed E-state index contributed by atoms with van der Waals surface area (Å²) < 4.78 is 10.8. The second-order valence-corrected chi connectivity index (χ2v) is 7.19. The highest BCUT2D eigenvalue weighted by Gasteiger charge is 2.10. The topological polar surface area (TPSA) is 92.6 Å². The second kappa shape index (κ2) is 10.4. The van der Waals surface area contributed by atoms with Gasteiger partial charge in [0, 0.05) is 16.9 Å². The number of nitrogens with one attached hydrogen (secondary N) is 3. The third-order valence-electron chi connectivity index (χ3n) is 4.40. The molecule has 160 valence electrons. The molecule has 0 aliphatic rings. The van der Waals surface area contributed by atoms with Crippen molar-refractivity contribution in [2.24, 2.45) is 0 Å². The predicted octanol–water partition coefficient (Wildman–Crippen LogP) is 4.84. The van der Waals surface area contributed by atoms with E-state index in [1.54, 1.807) is 60.7 Å². The van der Waals surface area contributed by atoms with Crippen LogP contribution in [0.2, 0.25) is 0 Å². The van der Waals surface area contributed by atoms with E-state index in [-0.39, 0.29) is 28.8 Å². The lowest BCUT2D eigenvalue weighted by Crippen LogP contribution is -2.34. The van der Waals surface area contributed by atoms with Crippen LogP contribution in [0.25, 0.3) is 0 Å². The maximum Gasteiger partial charge on any atom is 0.291 e. The van der Waals surface area contributed by atoms with E-state index in [9.17, 15) is 9.59 Å². The summed E-state index contributed by atoms with van der Waals surface area (Å²) in [6, 6.07) is 17.0. The lowest BCUT2D eigenvalue weighted by Gasteiger charge is -2.13. The molecule has 0 fully saturated rings. The number of rotatable bonds is 7. The Morgan fingerprint density at radius 3 is 2.19 bits per heavy atom. The monoisotopic (exact) mass is 437 g/mol. The van der Waals surface area contributed by atoms with E-state index in [1.807, 2.05) is 13.8 Å². The summed E-state index contributed by atoms with van der Waals surface area (Å²) in [6.45, 7) is 4.04. The van der Waals surface area contributed by atoms with Crippen LogP contribution in [0.3, 0.4) is 0 Å². The van der Waals surface area contributed by atoms with Gasteiger partial charge in [-0.3, -0.25) is 14.9 Å². The van der Waals surface area contributed by atoms with Crippen LogP contribution in [0.5, 0.6) is 5.75 Å². The van der Waals surface area contributed by atoms with E-state index in [0.29, 0.717) is 22.7 Å². The zero-order valence-electron chi connectivity index (χ0n) is 17.2. The van der Waals surface area contributed by atoms with Gasteiger partial charge in [-0.2, -0.15) is 0 Å². The van der Waals surface area contributed by atoms with E-state index >= 15 is 0 Å². The maximum absolute atomic E-state index is 12.4. The van der Waals surface area contributed by atoms with Crippen molar-refractivity contribution in [2.75, 3.05) is 10.6 Å². The summed E-state index contributed by atoms with van der Waals surface area (Å²) in [5.74, 6) is 0.278. The fourth-order valence-corrected chi connectivity index (χ4v) is 2.79. The molecular weight excluding hydrogens is 414 g/mol. The minimum Gasteiger partial charge on any atom is -0.491 e. The summed E-state index contributed by atoms with van der Waals surface area (Å²) in [5, 5.41) is 8.47. The van der Waals surface area contributed by atoms with E-state index in [2.05, 4.69) is 16.0 Å². The Labute approximate surface area is 185 Å². The number of carbonyl (C=O) groups is 2. The summed E-state index contributed by atoms with van der Waals surface area (Å²) in [4.78, 5) is 24.4. The first-order valence-electron chi connectivity index (χ1n) is 9.78. The van der Waals surface area contributed by atoms with E-state index < -0.39 is 0 Å². The Kier molecular flexibility index (Phi) is 7.40. The first-order chi connectivity index (χ1) is 14.9. The van der Waals surface area contributed by atoms with Gasteiger partial charge >= 0.3 is 0 Å². The van der Waals surface area contributed by atoms with Gasteiger partial charge in [-0.15, -0.1) is 0 Å². The number of benzene rings is 2. The second-order valence-electron chi connectivity index (χ2n) is 6.78. The highest BCUT2D eigenvalue weighted by Crippen LogP contribution is 2.16. The van der Waals surface area contributed by atoms with Crippen molar-refractivity contribution < 1.29 is 18.7 Å². The summed E-state index contributed by atoms with van der Waals surface area (Å²) in [6.07, 6.45) is 2.45. The molecular formula is C23H23N3O4S. The van der Waals surface area contributed by atoms with Gasteiger partial charge in [-0.05, 0) is 86.2 Å². The molecule has 2 amide bonds. The number of carbonyl (C=O) groups excluding carboxylic acids is 2. The van der Waals surface area contributed by atoms with Crippen LogP contribution in [0.15, 0.2) is 71.3 Å². The van der Waals surface area contributed by atoms with Gasteiger partial charge < -0.3 is 19.8 Å². The molecule has 0 radical (unpaired) electrons. The molecule has 8 heteroatoms. The van der Waals surface area contributed by atoms with Crippen LogP contribution in [0.4, 0.5) is 11.4 Å². The smallest absolute Gasteiger partial charge is 0.291 e. The molecule has 31 heavy (non-hydrogen) atoms. The molecule has 1 heterocycles. The van der Waals surface area contributed by atoms with Gasteiger partial charge in [0.1, 0.15) is 5.75 Å². The summed E-state index contributed by atoms with van der Waals surface area (Å²) in [5.41, 5.74) is 1.73. The fourth-order valence-electron chi connectivity index (χ4n) is 2.58. The lowest BCUT2D eigenvalue weighted by molar-refractivity contribution is 0.0975. The van der Waals surface area contributed by atoms with E-state index in [1.165, 1.54) is 6.26 Å². The Morgan fingerprint density at radius 1 is 0.968 bits per heavy atom. The average Bonchev–Trinajstić information content (AvgIpc) is 3.30. The Balaban J connectivity index is 1.50. The van der Waals surface area contributed by atoms with Gasteiger partial charge in [0.25, 0.3) is 11.8 Å². The number of ether oxygens (including phenoxy) is 1. The SMILES string of the molecule is CCC(C)Oc1ccc(C(=O)NC(=S)Nc2ccc(NC(=O)c3ccco3)cc2)cc1. The molecule has 1 unspecified atom stereocenters. The van der Waals surface area contributed by atoms with Gasteiger partial charge in [0.15, 0.2) is 10.9 Å². The van der Waals surface area contributed by atoms with Crippen molar-refractivity contribution in [1.29, 1.82) is 0 Å². The van der Waals surface area contributed by atoms with Crippen LogP contribution in [-0.2, 0) is 0 Å². The molecule has 0 spiro atoms. The van der Waals surface area contributed by atoms with Crippen LogP contribution in [0.1, 0.15) is 41.2 Å². The summed E-state index contributed by atoms with van der Waals surface area (Å²) >= 11 is 5.22. The number of furan rings is 1. The number of anilines is 2. The van der Waals surface area contributed by atoms with Crippen molar-refractivity contribution in [3.05, 3.63) is 78.3 Å². The van der Waals surface area contributed by atoms with Crippen LogP contribution < -0.4 is 20.7 Å². The van der Waals surface area contributed by atoms with Crippen LogP contribution >= 0.6 is 12.2 Å². The summed E-state index contributed by atoms with van der Waals surface area (Å²) in [7, 11) is 0. The standard InChI is InChI=1S/C23H23N3O4S/c1-3-15(2)30-19-12-6-16(7-13-19)21(27)26-23(31)25-18-10-8-17(9-11-18)24-22(28)20-5-4-14-29-20/h4-15H,3H2,1-2H3,(H,24,28)(H2,25,26,27,31). The van der Waals surface area contributed by atoms with Gasteiger partial charge in [0.05, 0.1) is 12.4 Å². The van der Waals surface area contributed by atoms with Crippen molar-refractivity contribution in [3.63, 3.8) is 0 Å². The third kappa shape index (κ3) is 6.42. The highest BCUT2D eigenvalue weighted by atomic mass is 32.1. The molecule has 3 N–H and O–H groups in total. The van der Waals surface area contributed by atoms with Gasteiger partial charge in [-0.25, -0.2) is 0 Å². The highest BCUT2D eigenvalue weighted by molar-refractivity contribution is 7.80. The first kappa shape index (κ1) is 22.0. The first-order valence-corrected chi connectivity index (χ1v) is 10.2. The van der Waals surface area contributed by atoms with Crippen molar-refractivity contribution in [2.45, 2.75) is 26.4 Å². The normalized spacial score (nSPS) is 11.3.